The standard InChI is InChI=1S/C27H23N3O5.Na/c1-33-30-26(22-6-2-19(15-28)3-7-22)18-35-24-10-4-20(5-11-24)17-34-25-12-8-21(9-13-25)23(16-29)14-27(31)32;/h2-13,23H,14,17-18H2,1H3,(H,31,32);/q;+1/p-1. The van der Waals surface area contributed by atoms with Gasteiger partial charge >= 0.3 is 29.6 Å². The molecule has 0 aromatic heterocycles. The second-order valence-electron chi connectivity index (χ2n) is 7.46. The third kappa shape index (κ3) is 8.44. The Labute approximate surface area is 231 Å². The molecule has 0 radical (unpaired) electrons. The van der Waals surface area contributed by atoms with Gasteiger partial charge in [-0.15, -0.1) is 0 Å². The summed E-state index contributed by atoms with van der Waals surface area (Å²) >= 11 is 0. The summed E-state index contributed by atoms with van der Waals surface area (Å²) in [5.74, 6) is -0.776. The number of rotatable bonds is 11. The van der Waals surface area contributed by atoms with Crippen molar-refractivity contribution in [3.8, 4) is 23.6 Å². The summed E-state index contributed by atoms with van der Waals surface area (Å²) in [5.41, 5.74) is 3.46. The Kier molecular flexibility index (Phi) is 11.5. The predicted octanol–water partition coefficient (Wildman–Crippen LogP) is 0.318. The van der Waals surface area contributed by atoms with Gasteiger partial charge in [0.15, 0.2) is 0 Å². The molecule has 3 aromatic rings. The predicted molar refractivity (Wildman–Crippen MR) is 125 cm³/mol. The van der Waals surface area contributed by atoms with Crippen LogP contribution in [-0.4, -0.2) is 25.4 Å². The molecule has 0 aliphatic rings. The maximum absolute atomic E-state index is 10.8. The van der Waals surface area contributed by atoms with Crippen LogP contribution in [0.5, 0.6) is 11.5 Å². The second kappa shape index (κ2) is 14.6. The minimum Gasteiger partial charge on any atom is -0.550 e. The zero-order valence-electron chi connectivity index (χ0n) is 20.0. The Hall–Kier alpha value is -3.82. The Balaban J connectivity index is 0.00000456. The van der Waals surface area contributed by atoms with E-state index in [1.807, 2.05) is 30.3 Å². The smallest absolute Gasteiger partial charge is 0.550 e. The fourth-order valence-electron chi connectivity index (χ4n) is 3.21. The molecule has 0 heterocycles. The minimum atomic E-state index is -1.26. The zero-order chi connectivity index (χ0) is 25.0. The molecule has 9 heteroatoms. The Morgan fingerprint density at radius 2 is 1.56 bits per heavy atom. The molecule has 3 aromatic carbocycles. The molecule has 0 aliphatic carbocycles. The van der Waals surface area contributed by atoms with Gasteiger partial charge < -0.3 is 24.2 Å². The molecule has 0 aliphatic heterocycles. The van der Waals surface area contributed by atoms with Crippen molar-refractivity contribution < 1.29 is 53.8 Å². The van der Waals surface area contributed by atoms with Crippen LogP contribution < -0.4 is 44.1 Å². The first-order valence-electron chi connectivity index (χ1n) is 10.7. The van der Waals surface area contributed by atoms with E-state index in [4.69, 9.17) is 24.8 Å². The van der Waals surface area contributed by atoms with Gasteiger partial charge in [0.1, 0.15) is 37.5 Å². The second-order valence-corrected chi connectivity index (χ2v) is 7.46. The number of carbonyl (C=O) groups is 1. The van der Waals surface area contributed by atoms with Gasteiger partial charge in [0.2, 0.25) is 0 Å². The number of aliphatic carboxylic acids is 1. The summed E-state index contributed by atoms with van der Waals surface area (Å²) in [4.78, 5) is 15.7. The van der Waals surface area contributed by atoms with Crippen molar-refractivity contribution in [3.05, 3.63) is 95.1 Å². The monoisotopic (exact) mass is 491 g/mol. The number of hydrogen-bond acceptors (Lipinski definition) is 8. The summed E-state index contributed by atoms with van der Waals surface area (Å²) in [5, 5.41) is 32.9. The van der Waals surface area contributed by atoms with Crippen molar-refractivity contribution in [2.75, 3.05) is 13.7 Å². The van der Waals surface area contributed by atoms with E-state index in [1.165, 1.54) is 7.11 Å². The quantitative estimate of drug-likeness (QED) is 0.215. The molecule has 0 spiro atoms. The molecule has 0 fully saturated rings. The van der Waals surface area contributed by atoms with Crippen LogP contribution in [0.2, 0.25) is 0 Å². The molecule has 0 bridgehead atoms. The Bertz CT molecular complexity index is 1250. The molecule has 0 amide bonds. The largest absolute Gasteiger partial charge is 1.00 e. The molecule has 0 saturated carbocycles. The van der Waals surface area contributed by atoms with E-state index in [0.29, 0.717) is 34.9 Å². The molecule has 1 atom stereocenters. The van der Waals surface area contributed by atoms with Gasteiger partial charge in [-0.25, -0.2) is 0 Å². The summed E-state index contributed by atoms with van der Waals surface area (Å²) in [6.07, 6.45) is -0.350. The van der Waals surface area contributed by atoms with Crippen molar-refractivity contribution in [3.63, 3.8) is 0 Å². The molecule has 36 heavy (non-hydrogen) atoms. The van der Waals surface area contributed by atoms with Crippen LogP contribution in [0.3, 0.4) is 0 Å². The number of benzene rings is 3. The number of ether oxygens (including phenoxy) is 2. The number of carboxylic acid groups (broad SMARTS) is 1. The first-order chi connectivity index (χ1) is 17.0. The Morgan fingerprint density at radius 3 is 2.11 bits per heavy atom. The normalized spacial score (nSPS) is 11.2. The maximum Gasteiger partial charge on any atom is 1.00 e. The van der Waals surface area contributed by atoms with Gasteiger partial charge in [-0.1, -0.05) is 41.6 Å². The van der Waals surface area contributed by atoms with E-state index >= 15 is 0 Å². The van der Waals surface area contributed by atoms with Crippen LogP contribution >= 0.6 is 0 Å². The van der Waals surface area contributed by atoms with E-state index in [9.17, 15) is 9.90 Å². The van der Waals surface area contributed by atoms with Crippen LogP contribution in [0.1, 0.15) is 34.6 Å². The summed E-state index contributed by atoms with van der Waals surface area (Å²) in [6, 6.07) is 25.2. The van der Waals surface area contributed by atoms with Crippen molar-refractivity contribution >= 4 is 11.7 Å². The number of nitrogens with zero attached hydrogens (tertiary/aromatic N) is 3. The van der Waals surface area contributed by atoms with Crippen LogP contribution in [0.25, 0.3) is 0 Å². The third-order valence-corrected chi connectivity index (χ3v) is 5.06. The van der Waals surface area contributed by atoms with Gasteiger partial charge in [-0.2, -0.15) is 10.5 Å². The first kappa shape index (κ1) is 28.4. The van der Waals surface area contributed by atoms with E-state index in [1.54, 1.807) is 48.5 Å². The first-order valence-corrected chi connectivity index (χ1v) is 10.7. The fraction of sp³-hybridized carbons (Fsp3) is 0.185. The van der Waals surface area contributed by atoms with E-state index in [2.05, 4.69) is 11.2 Å². The zero-order valence-corrected chi connectivity index (χ0v) is 22.0. The van der Waals surface area contributed by atoms with E-state index in [-0.39, 0.29) is 42.6 Å². The van der Waals surface area contributed by atoms with Crippen LogP contribution in [0.15, 0.2) is 78.0 Å². The SMILES string of the molecule is CON=C(COc1ccc(COc2ccc(C(C#N)CC(=O)[O-])cc2)cc1)c1ccc(C#N)cc1.[Na+]. The summed E-state index contributed by atoms with van der Waals surface area (Å²) in [7, 11) is 1.46. The number of hydrogen-bond donors (Lipinski definition) is 0. The van der Waals surface area contributed by atoms with E-state index in [0.717, 1.165) is 11.1 Å². The Morgan fingerprint density at radius 1 is 0.944 bits per heavy atom. The number of carboxylic acids is 1. The average Bonchev–Trinajstić information content (AvgIpc) is 2.89. The van der Waals surface area contributed by atoms with Crippen LogP contribution in [0.4, 0.5) is 0 Å². The van der Waals surface area contributed by atoms with Crippen molar-refractivity contribution in [2.45, 2.75) is 18.9 Å². The third-order valence-electron chi connectivity index (χ3n) is 5.06. The summed E-state index contributed by atoms with van der Waals surface area (Å²) < 4.78 is 11.6. The number of oxime groups is 1. The van der Waals surface area contributed by atoms with Crippen molar-refractivity contribution in [2.24, 2.45) is 5.16 Å². The van der Waals surface area contributed by atoms with Gasteiger partial charge in [-0.05, 0) is 47.5 Å². The van der Waals surface area contributed by atoms with Gasteiger partial charge in [0, 0.05) is 18.0 Å². The fourth-order valence-corrected chi connectivity index (χ4v) is 3.21. The summed E-state index contributed by atoms with van der Waals surface area (Å²) in [6.45, 7) is 0.505. The molecular formula is C27H22N3NaO5. The van der Waals surface area contributed by atoms with Crippen molar-refractivity contribution in [1.29, 1.82) is 10.5 Å². The molecule has 0 N–H and O–H groups in total. The topological polar surface area (TPSA) is 128 Å². The van der Waals surface area contributed by atoms with Crippen LogP contribution in [0, 0.1) is 22.7 Å². The molecule has 176 valence electrons. The van der Waals surface area contributed by atoms with E-state index < -0.39 is 11.9 Å². The molecule has 8 nitrogen and oxygen atoms in total. The van der Waals surface area contributed by atoms with Crippen LogP contribution in [-0.2, 0) is 16.2 Å². The number of carbonyl (C=O) groups excluding carboxylic acids is 1. The molecule has 3 rings (SSSR count). The number of nitriles is 2. The van der Waals surface area contributed by atoms with Gasteiger partial charge in [0.05, 0.1) is 23.6 Å². The molecular weight excluding hydrogens is 469 g/mol. The van der Waals surface area contributed by atoms with Gasteiger partial charge in [0.25, 0.3) is 0 Å². The minimum absolute atomic E-state index is 0. The van der Waals surface area contributed by atoms with Gasteiger partial charge in [-0.3, -0.25) is 0 Å². The average molecular weight is 491 g/mol. The molecule has 0 saturated heterocycles. The maximum atomic E-state index is 10.8. The van der Waals surface area contributed by atoms with Crippen molar-refractivity contribution in [1.82, 2.24) is 0 Å². The molecule has 1 unspecified atom stereocenters.